The summed E-state index contributed by atoms with van der Waals surface area (Å²) < 4.78 is 10.1. The van der Waals surface area contributed by atoms with Gasteiger partial charge in [0.15, 0.2) is 12.4 Å². The first-order valence-corrected chi connectivity index (χ1v) is 7.96. The minimum atomic E-state index is -1.07. The lowest BCUT2D eigenvalue weighted by atomic mass is 10.0. The van der Waals surface area contributed by atoms with Gasteiger partial charge in [0.2, 0.25) is 5.91 Å². The summed E-state index contributed by atoms with van der Waals surface area (Å²) in [5.41, 5.74) is 0.496. The largest absolute Gasteiger partial charge is 0.482 e. The number of carbonyl (C=O) groups is 3. The number of amides is 2. The van der Waals surface area contributed by atoms with Gasteiger partial charge in [-0.25, -0.2) is 4.79 Å². The number of hydrogen-bond donors (Lipinski definition) is 3. The molecule has 26 heavy (non-hydrogen) atoms. The number of furan rings is 1. The molecule has 0 spiro atoms. The van der Waals surface area contributed by atoms with Gasteiger partial charge in [-0.2, -0.15) is 0 Å². The SMILES string of the molecule is CC(C)C(NC(=O)c1ccco1)C(=O)Nc1ccc(OCC(=O)O)cc1. The van der Waals surface area contributed by atoms with E-state index >= 15 is 0 Å². The number of carbonyl (C=O) groups excluding carboxylic acids is 2. The lowest BCUT2D eigenvalue weighted by molar-refractivity contribution is -0.139. The summed E-state index contributed by atoms with van der Waals surface area (Å²) in [6.45, 7) is 3.19. The minimum absolute atomic E-state index is 0.128. The van der Waals surface area contributed by atoms with E-state index in [4.69, 9.17) is 14.3 Å². The highest BCUT2D eigenvalue weighted by Gasteiger charge is 2.25. The number of anilines is 1. The van der Waals surface area contributed by atoms with Crippen LogP contribution in [0.3, 0.4) is 0 Å². The fourth-order valence-corrected chi connectivity index (χ4v) is 2.15. The molecule has 1 unspecified atom stereocenters. The van der Waals surface area contributed by atoms with Gasteiger partial charge in [0.1, 0.15) is 11.8 Å². The summed E-state index contributed by atoms with van der Waals surface area (Å²) in [5.74, 6) is -1.57. The molecule has 0 fully saturated rings. The molecule has 1 atom stereocenters. The molecule has 8 heteroatoms. The van der Waals surface area contributed by atoms with E-state index in [-0.39, 0.29) is 17.6 Å². The van der Waals surface area contributed by atoms with Crippen LogP contribution in [-0.2, 0) is 9.59 Å². The maximum atomic E-state index is 12.5. The Morgan fingerprint density at radius 2 is 1.85 bits per heavy atom. The summed E-state index contributed by atoms with van der Waals surface area (Å²) in [7, 11) is 0. The second-order valence-electron chi connectivity index (χ2n) is 5.87. The Morgan fingerprint density at radius 1 is 1.15 bits per heavy atom. The van der Waals surface area contributed by atoms with Gasteiger partial charge >= 0.3 is 5.97 Å². The molecule has 1 heterocycles. The lowest BCUT2D eigenvalue weighted by Gasteiger charge is -2.21. The summed E-state index contributed by atoms with van der Waals surface area (Å²) in [5, 5.41) is 13.9. The summed E-state index contributed by atoms with van der Waals surface area (Å²) in [6, 6.07) is 8.61. The van der Waals surface area contributed by atoms with E-state index in [1.165, 1.54) is 12.3 Å². The molecule has 8 nitrogen and oxygen atoms in total. The first kappa shape index (κ1) is 19.0. The van der Waals surface area contributed by atoms with Crippen LogP contribution in [-0.4, -0.2) is 35.5 Å². The second kappa shape index (κ2) is 8.70. The molecule has 2 rings (SSSR count). The van der Waals surface area contributed by atoms with Crippen LogP contribution in [0.15, 0.2) is 47.1 Å². The van der Waals surface area contributed by atoms with E-state index < -0.39 is 24.5 Å². The normalized spacial score (nSPS) is 11.7. The fourth-order valence-electron chi connectivity index (χ4n) is 2.15. The number of carboxylic acids is 1. The maximum absolute atomic E-state index is 12.5. The number of benzene rings is 1. The van der Waals surface area contributed by atoms with Gasteiger partial charge < -0.3 is 24.9 Å². The molecule has 2 amide bonds. The molecule has 0 bridgehead atoms. The van der Waals surface area contributed by atoms with Gasteiger partial charge in [0, 0.05) is 5.69 Å². The van der Waals surface area contributed by atoms with E-state index in [0.717, 1.165) is 0 Å². The molecule has 0 aliphatic carbocycles. The molecule has 0 aliphatic rings. The molecule has 0 saturated heterocycles. The highest BCUT2D eigenvalue weighted by molar-refractivity contribution is 6.00. The average molecular weight is 360 g/mol. The van der Waals surface area contributed by atoms with Crippen molar-refractivity contribution >= 4 is 23.5 Å². The molecule has 0 aliphatic heterocycles. The van der Waals surface area contributed by atoms with Crippen molar-refractivity contribution in [1.29, 1.82) is 0 Å². The zero-order chi connectivity index (χ0) is 19.1. The fraction of sp³-hybridized carbons (Fsp3) is 0.278. The van der Waals surface area contributed by atoms with Gasteiger partial charge in [0.05, 0.1) is 6.26 Å². The van der Waals surface area contributed by atoms with Crippen LogP contribution in [0, 0.1) is 5.92 Å². The van der Waals surface area contributed by atoms with Crippen molar-refractivity contribution in [2.45, 2.75) is 19.9 Å². The van der Waals surface area contributed by atoms with Crippen LogP contribution >= 0.6 is 0 Å². The van der Waals surface area contributed by atoms with Crippen LogP contribution in [0.4, 0.5) is 5.69 Å². The first-order chi connectivity index (χ1) is 12.4. The average Bonchev–Trinajstić information content (AvgIpc) is 3.13. The quantitative estimate of drug-likeness (QED) is 0.664. The molecule has 3 N–H and O–H groups in total. The van der Waals surface area contributed by atoms with Crippen molar-refractivity contribution in [2.24, 2.45) is 5.92 Å². The van der Waals surface area contributed by atoms with Crippen LogP contribution in [0.5, 0.6) is 5.75 Å². The van der Waals surface area contributed by atoms with Crippen molar-refractivity contribution in [2.75, 3.05) is 11.9 Å². The van der Waals surface area contributed by atoms with Gasteiger partial charge in [-0.15, -0.1) is 0 Å². The van der Waals surface area contributed by atoms with E-state index in [1.54, 1.807) is 30.3 Å². The molecule has 2 aromatic rings. The number of ether oxygens (including phenoxy) is 1. The maximum Gasteiger partial charge on any atom is 0.341 e. The Bertz CT molecular complexity index is 752. The van der Waals surface area contributed by atoms with Crippen molar-refractivity contribution in [3.8, 4) is 5.75 Å². The number of carboxylic acid groups (broad SMARTS) is 1. The molecule has 138 valence electrons. The molecular formula is C18H20N2O6. The highest BCUT2D eigenvalue weighted by Crippen LogP contribution is 2.17. The number of aliphatic carboxylic acids is 1. The summed E-state index contributed by atoms with van der Waals surface area (Å²) >= 11 is 0. The standard InChI is InChI=1S/C18H20N2O6/c1-11(2)16(20-17(23)14-4-3-9-25-14)18(24)19-12-5-7-13(8-6-12)26-10-15(21)22/h3-9,11,16H,10H2,1-2H3,(H,19,24)(H,20,23)(H,21,22). The Kier molecular flexibility index (Phi) is 6.37. The van der Waals surface area contributed by atoms with Gasteiger partial charge in [-0.3, -0.25) is 9.59 Å². The van der Waals surface area contributed by atoms with Crippen molar-refractivity contribution < 1.29 is 28.6 Å². The van der Waals surface area contributed by atoms with E-state index in [9.17, 15) is 14.4 Å². The molecule has 1 aromatic heterocycles. The number of hydrogen-bond acceptors (Lipinski definition) is 5. The van der Waals surface area contributed by atoms with Crippen molar-refractivity contribution in [3.05, 3.63) is 48.4 Å². The summed E-state index contributed by atoms with van der Waals surface area (Å²) in [4.78, 5) is 35.1. The Labute approximate surface area is 150 Å². The van der Waals surface area contributed by atoms with Crippen LogP contribution in [0.2, 0.25) is 0 Å². The van der Waals surface area contributed by atoms with Gasteiger partial charge in [-0.1, -0.05) is 13.8 Å². The second-order valence-corrected chi connectivity index (χ2v) is 5.87. The Balaban J connectivity index is 1.98. The zero-order valence-corrected chi connectivity index (χ0v) is 14.4. The third-order valence-electron chi connectivity index (χ3n) is 3.46. The minimum Gasteiger partial charge on any atom is -0.482 e. The highest BCUT2D eigenvalue weighted by atomic mass is 16.5. The Morgan fingerprint density at radius 3 is 2.38 bits per heavy atom. The van der Waals surface area contributed by atoms with Crippen LogP contribution in [0.1, 0.15) is 24.4 Å². The molecule has 1 aromatic carbocycles. The van der Waals surface area contributed by atoms with Gasteiger partial charge in [-0.05, 0) is 42.3 Å². The van der Waals surface area contributed by atoms with E-state index in [2.05, 4.69) is 10.6 Å². The monoisotopic (exact) mass is 360 g/mol. The predicted octanol–water partition coefficient (Wildman–Crippen LogP) is 2.14. The molecule has 0 saturated carbocycles. The van der Waals surface area contributed by atoms with E-state index in [1.807, 2.05) is 13.8 Å². The third kappa shape index (κ3) is 5.37. The number of rotatable bonds is 8. The topological polar surface area (TPSA) is 118 Å². The predicted molar refractivity (Wildman–Crippen MR) is 93.0 cm³/mol. The number of nitrogens with one attached hydrogen (secondary N) is 2. The Hall–Kier alpha value is -3.29. The smallest absolute Gasteiger partial charge is 0.341 e. The molecular weight excluding hydrogens is 340 g/mol. The van der Waals surface area contributed by atoms with Crippen LogP contribution < -0.4 is 15.4 Å². The van der Waals surface area contributed by atoms with Crippen molar-refractivity contribution in [1.82, 2.24) is 5.32 Å². The first-order valence-electron chi connectivity index (χ1n) is 7.96. The van der Waals surface area contributed by atoms with Gasteiger partial charge in [0.25, 0.3) is 5.91 Å². The lowest BCUT2D eigenvalue weighted by Crippen LogP contribution is -2.47. The third-order valence-corrected chi connectivity index (χ3v) is 3.46. The van der Waals surface area contributed by atoms with E-state index in [0.29, 0.717) is 11.4 Å². The van der Waals surface area contributed by atoms with Crippen LogP contribution in [0.25, 0.3) is 0 Å². The zero-order valence-electron chi connectivity index (χ0n) is 14.4. The summed E-state index contributed by atoms with van der Waals surface area (Å²) in [6.07, 6.45) is 1.38. The van der Waals surface area contributed by atoms with Crippen molar-refractivity contribution in [3.63, 3.8) is 0 Å². The molecule has 0 radical (unpaired) electrons.